The SMILES string of the molecule is C#Cc1ccc(-c2cnc(N)c(-c3ccc4c(c3)CCNC4=O)c2)c(OC)c1. The number of nitrogen functional groups attached to an aromatic ring is 1. The summed E-state index contributed by atoms with van der Waals surface area (Å²) >= 11 is 0. The van der Waals surface area contributed by atoms with Gasteiger partial charge in [-0.2, -0.15) is 0 Å². The number of methoxy groups -OCH3 is 1. The fraction of sp³-hybridized carbons (Fsp3) is 0.130. The fourth-order valence-electron chi connectivity index (χ4n) is 3.47. The highest BCUT2D eigenvalue weighted by Gasteiger charge is 2.18. The van der Waals surface area contributed by atoms with Gasteiger partial charge in [-0.1, -0.05) is 18.1 Å². The van der Waals surface area contributed by atoms with Crippen molar-refractivity contribution in [1.82, 2.24) is 10.3 Å². The highest BCUT2D eigenvalue weighted by Crippen LogP contribution is 2.35. The number of carbonyl (C=O) groups excluding carboxylic acids is 1. The van der Waals surface area contributed by atoms with Gasteiger partial charge < -0.3 is 15.8 Å². The van der Waals surface area contributed by atoms with Crippen LogP contribution >= 0.6 is 0 Å². The minimum Gasteiger partial charge on any atom is -0.496 e. The van der Waals surface area contributed by atoms with Crippen LogP contribution in [0.15, 0.2) is 48.7 Å². The molecule has 5 nitrogen and oxygen atoms in total. The van der Waals surface area contributed by atoms with Gasteiger partial charge >= 0.3 is 0 Å². The van der Waals surface area contributed by atoms with E-state index in [-0.39, 0.29) is 5.91 Å². The van der Waals surface area contributed by atoms with Crippen LogP contribution in [0.3, 0.4) is 0 Å². The molecule has 1 amide bonds. The average molecular weight is 369 g/mol. The van der Waals surface area contributed by atoms with Gasteiger partial charge in [-0.3, -0.25) is 4.79 Å². The molecular formula is C23H19N3O2. The number of rotatable bonds is 3. The van der Waals surface area contributed by atoms with Gasteiger partial charge in [0.15, 0.2) is 0 Å². The van der Waals surface area contributed by atoms with Crippen LogP contribution in [-0.2, 0) is 6.42 Å². The molecule has 5 heteroatoms. The topological polar surface area (TPSA) is 77.2 Å². The predicted octanol–water partition coefficient (Wildman–Crippen LogP) is 3.27. The van der Waals surface area contributed by atoms with E-state index in [2.05, 4.69) is 16.2 Å². The third-order valence-electron chi connectivity index (χ3n) is 4.94. The summed E-state index contributed by atoms with van der Waals surface area (Å²) < 4.78 is 5.51. The van der Waals surface area contributed by atoms with Gasteiger partial charge in [0.25, 0.3) is 5.91 Å². The number of amides is 1. The van der Waals surface area contributed by atoms with E-state index in [0.29, 0.717) is 23.7 Å². The molecule has 4 rings (SSSR count). The van der Waals surface area contributed by atoms with Crippen LogP contribution in [-0.4, -0.2) is 24.5 Å². The molecule has 1 aliphatic rings. The molecule has 0 radical (unpaired) electrons. The maximum Gasteiger partial charge on any atom is 0.251 e. The molecule has 0 fully saturated rings. The lowest BCUT2D eigenvalue weighted by Crippen LogP contribution is -2.31. The van der Waals surface area contributed by atoms with E-state index in [0.717, 1.165) is 39.8 Å². The second-order valence-electron chi connectivity index (χ2n) is 6.59. The van der Waals surface area contributed by atoms with Gasteiger partial charge in [-0.15, -0.1) is 6.42 Å². The Balaban J connectivity index is 1.81. The molecule has 0 atom stereocenters. The Kier molecular flexibility index (Phi) is 4.46. The number of pyridine rings is 1. The maximum atomic E-state index is 12.0. The predicted molar refractivity (Wildman–Crippen MR) is 110 cm³/mol. The van der Waals surface area contributed by atoms with Gasteiger partial charge in [-0.25, -0.2) is 4.98 Å². The Morgan fingerprint density at radius 1 is 1.11 bits per heavy atom. The number of anilines is 1. The number of hydrogen-bond acceptors (Lipinski definition) is 4. The highest BCUT2D eigenvalue weighted by atomic mass is 16.5. The van der Waals surface area contributed by atoms with Crippen LogP contribution in [0.1, 0.15) is 21.5 Å². The van der Waals surface area contributed by atoms with Crippen molar-refractivity contribution in [1.29, 1.82) is 0 Å². The number of nitrogens with zero attached hydrogens (tertiary/aromatic N) is 1. The zero-order valence-corrected chi connectivity index (χ0v) is 15.5. The Morgan fingerprint density at radius 3 is 2.71 bits per heavy atom. The molecule has 0 saturated heterocycles. The summed E-state index contributed by atoms with van der Waals surface area (Å²) in [6.07, 6.45) is 8.00. The number of carbonyl (C=O) groups is 1. The normalized spacial score (nSPS) is 12.6. The van der Waals surface area contributed by atoms with E-state index in [1.54, 1.807) is 13.3 Å². The van der Waals surface area contributed by atoms with Crippen LogP contribution in [0, 0.1) is 12.3 Å². The maximum absolute atomic E-state index is 12.0. The van der Waals surface area contributed by atoms with Crippen LogP contribution in [0.25, 0.3) is 22.3 Å². The van der Waals surface area contributed by atoms with Gasteiger partial charge in [0.05, 0.1) is 7.11 Å². The summed E-state index contributed by atoms with van der Waals surface area (Å²) in [5.41, 5.74) is 12.1. The number of nitrogens with two attached hydrogens (primary N) is 1. The Labute approximate surface area is 163 Å². The van der Waals surface area contributed by atoms with Crippen molar-refractivity contribution < 1.29 is 9.53 Å². The van der Waals surface area contributed by atoms with Gasteiger partial charge in [0, 0.05) is 40.6 Å². The zero-order chi connectivity index (χ0) is 19.7. The number of nitrogens with one attached hydrogen (secondary N) is 1. The molecule has 2 aromatic carbocycles. The number of ether oxygens (including phenoxy) is 1. The molecule has 2 heterocycles. The zero-order valence-electron chi connectivity index (χ0n) is 15.5. The highest BCUT2D eigenvalue weighted by molar-refractivity contribution is 5.97. The molecule has 0 spiro atoms. The first-order valence-corrected chi connectivity index (χ1v) is 8.92. The van der Waals surface area contributed by atoms with E-state index >= 15 is 0 Å². The molecule has 3 aromatic rings. The summed E-state index contributed by atoms with van der Waals surface area (Å²) in [7, 11) is 1.61. The molecule has 28 heavy (non-hydrogen) atoms. The lowest BCUT2D eigenvalue weighted by molar-refractivity contribution is 0.0946. The van der Waals surface area contributed by atoms with Crippen molar-refractivity contribution >= 4 is 11.7 Å². The van der Waals surface area contributed by atoms with E-state index in [1.165, 1.54) is 0 Å². The quantitative estimate of drug-likeness (QED) is 0.695. The summed E-state index contributed by atoms with van der Waals surface area (Å²) in [6.45, 7) is 0.641. The molecule has 0 unspecified atom stereocenters. The average Bonchev–Trinajstić information content (AvgIpc) is 2.73. The summed E-state index contributed by atoms with van der Waals surface area (Å²) in [5, 5.41) is 2.86. The number of aromatic nitrogens is 1. The van der Waals surface area contributed by atoms with Crippen molar-refractivity contribution in [3.63, 3.8) is 0 Å². The van der Waals surface area contributed by atoms with Crippen LogP contribution in [0.4, 0.5) is 5.82 Å². The first-order chi connectivity index (χ1) is 13.6. The van der Waals surface area contributed by atoms with Crippen molar-refractivity contribution in [2.24, 2.45) is 0 Å². The smallest absolute Gasteiger partial charge is 0.251 e. The number of fused-ring (bicyclic) bond motifs is 1. The lowest BCUT2D eigenvalue weighted by atomic mass is 9.94. The van der Waals surface area contributed by atoms with Crippen molar-refractivity contribution in [3.05, 3.63) is 65.4 Å². The number of hydrogen-bond donors (Lipinski definition) is 2. The van der Waals surface area contributed by atoms with E-state index < -0.39 is 0 Å². The molecule has 0 aliphatic carbocycles. The monoisotopic (exact) mass is 369 g/mol. The second-order valence-corrected chi connectivity index (χ2v) is 6.59. The standard InChI is InChI=1S/C23H19N3O2/c1-3-14-4-6-18(21(10-14)28-2)17-12-20(22(24)26-13-17)15-5-7-19-16(11-15)8-9-25-23(19)27/h1,4-7,10-13H,8-9H2,2H3,(H2,24,26)(H,25,27). The van der Waals surface area contributed by atoms with Crippen molar-refractivity contribution in [3.8, 4) is 40.3 Å². The molecule has 0 bridgehead atoms. The molecule has 1 aliphatic heterocycles. The van der Waals surface area contributed by atoms with Crippen LogP contribution in [0.5, 0.6) is 5.75 Å². The molecule has 1 aromatic heterocycles. The van der Waals surface area contributed by atoms with Crippen LogP contribution in [0.2, 0.25) is 0 Å². The van der Waals surface area contributed by atoms with E-state index in [1.807, 2.05) is 42.5 Å². The summed E-state index contributed by atoms with van der Waals surface area (Å²) in [5.74, 6) is 3.68. The largest absolute Gasteiger partial charge is 0.496 e. The minimum atomic E-state index is -0.0361. The fourth-order valence-corrected chi connectivity index (χ4v) is 3.47. The summed E-state index contributed by atoms with van der Waals surface area (Å²) in [4.78, 5) is 16.4. The number of benzene rings is 2. The number of terminal acetylenes is 1. The first-order valence-electron chi connectivity index (χ1n) is 8.92. The lowest BCUT2D eigenvalue weighted by Gasteiger charge is -2.18. The third kappa shape index (κ3) is 3.06. The van der Waals surface area contributed by atoms with Crippen molar-refractivity contribution in [2.75, 3.05) is 19.4 Å². The Bertz CT molecular complexity index is 1130. The molecule has 3 N–H and O–H groups in total. The second kappa shape index (κ2) is 7.09. The van der Waals surface area contributed by atoms with Crippen molar-refractivity contribution in [2.45, 2.75) is 6.42 Å². The Hall–Kier alpha value is -3.78. The van der Waals surface area contributed by atoms with Gasteiger partial charge in [0.2, 0.25) is 0 Å². The molecule has 0 saturated carbocycles. The molecular weight excluding hydrogens is 350 g/mol. The Morgan fingerprint density at radius 2 is 1.93 bits per heavy atom. The minimum absolute atomic E-state index is 0.0361. The third-order valence-corrected chi connectivity index (χ3v) is 4.94. The van der Waals surface area contributed by atoms with Crippen LogP contribution < -0.4 is 15.8 Å². The summed E-state index contributed by atoms with van der Waals surface area (Å²) in [6, 6.07) is 13.4. The first kappa shape index (κ1) is 17.6. The molecule has 138 valence electrons. The van der Waals surface area contributed by atoms with E-state index in [9.17, 15) is 4.79 Å². The van der Waals surface area contributed by atoms with Gasteiger partial charge in [-0.05, 0) is 47.9 Å². The van der Waals surface area contributed by atoms with E-state index in [4.69, 9.17) is 16.9 Å². The van der Waals surface area contributed by atoms with Gasteiger partial charge in [0.1, 0.15) is 11.6 Å².